The van der Waals surface area contributed by atoms with Crippen LogP contribution in [0, 0.1) is 0 Å². The van der Waals surface area contributed by atoms with Crippen LogP contribution in [0.2, 0.25) is 0 Å². The van der Waals surface area contributed by atoms with E-state index in [1.165, 1.54) is 15.7 Å². The van der Waals surface area contributed by atoms with Crippen molar-refractivity contribution in [2.75, 3.05) is 9.80 Å². The van der Waals surface area contributed by atoms with Crippen molar-refractivity contribution < 1.29 is 26.3 Å². The Morgan fingerprint density at radius 1 is 0.274 bits per heavy atom. The molecule has 0 unspecified atom stereocenters. The fraction of sp³-hybridized carbons (Fsp3) is 0.160. The smallest absolute Gasteiger partial charge is 0.252 e. The molecule has 6 heteroatoms. The van der Waals surface area contributed by atoms with E-state index in [1.54, 1.807) is 16.7 Å². The SMILES string of the molecule is [2H]c1c([2H])c([2H])c2c(c1[2H])c1c([2H])c([2H])c([2H])c([2H])c1n2-c1ccc2c(c1)N(c1cccc3c1oc1c(-n4c5c([2H])c([2H])c([2H])c([2H])c5c5c([2H])c([2H])c([2H])c([2H])c54)cccc13)c1cc(-c3cc(C(C)(C)C)cc(C(C)(C)C)c3)cc3c1B2c1ccc(-c2cc(C(C)(C)C)cc(C(C)(C)C)c2)cc1N3c1cc(-c2ccccc2)cc(-c2ccccc2)c1. The number of benzene rings is 14. The Bertz CT molecular complexity index is 7190. The fourth-order valence-electron chi connectivity index (χ4n) is 16.1. The predicted octanol–water partition coefficient (Wildman–Crippen LogP) is 25.7. The molecular formula is C100H85BN4O. The minimum Gasteiger partial charge on any atom is -0.452 e. The van der Waals surface area contributed by atoms with E-state index in [9.17, 15) is 13.7 Å². The summed E-state index contributed by atoms with van der Waals surface area (Å²) in [6.07, 6.45) is 0. The molecule has 0 saturated carbocycles. The van der Waals surface area contributed by atoms with Gasteiger partial charge in [0.1, 0.15) is 0 Å². The van der Waals surface area contributed by atoms with Crippen molar-refractivity contribution in [3.63, 3.8) is 0 Å². The van der Waals surface area contributed by atoms with E-state index in [0.29, 0.717) is 39.1 Å². The van der Waals surface area contributed by atoms with Crippen molar-refractivity contribution in [3.8, 4) is 55.9 Å². The summed E-state index contributed by atoms with van der Waals surface area (Å²) in [5.74, 6) is 0. The molecule has 14 aromatic carbocycles. The van der Waals surface area contributed by atoms with Gasteiger partial charge in [-0.25, -0.2) is 0 Å². The Morgan fingerprint density at radius 3 is 1.14 bits per heavy atom. The van der Waals surface area contributed by atoms with Gasteiger partial charge in [-0.15, -0.1) is 0 Å². The number of anilines is 6. The van der Waals surface area contributed by atoms with Crippen LogP contribution in [-0.2, 0) is 21.7 Å². The van der Waals surface area contributed by atoms with Crippen molar-refractivity contribution in [1.82, 2.24) is 9.13 Å². The van der Waals surface area contributed by atoms with Gasteiger partial charge >= 0.3 is 0 Å². The Morgan fingerprint density at radius 2 is 0.660 bits per heavy atom. The molecule has 19 rings (SSSR count). The van der Waals surface area contributed by atoms with Gasteiger partial charge in [-0.05, 0) is 190 Å². The molecular weight excluding hydrogens is 1280 g/mol. The van der Waals surface area contributed by atoms with Crippen LogP contribution < -0.4 is 26.2 Å². The first kappa shape index (κ1) is 49.7. The van der Waals surface area contributed by atoms with Gasteiger partial charge in [-0.1, -0.05) is 295 Å². The molecule has 5 nitrogen and oxygen atoms in total. The molecule has 0 aliphatic carbocycles. The highest BCUT2D eigenvalue weighted by molar-refractivity contribution is 7.00. The standard InChI is InChI=1S/C100H85BN4O/c1-97(2,3)70-50-67(51-71(59-70)98(4,5)6)64-45-47-82-90(56-64)103(75-54-65(62-29-15-13-16-30-62)49-66(55-75)63-31-17-14-18-32-63)92-57-69(68-52-72(99(7,8)9)60-73(53-68)100(10,11)12)58-93-94(92)101(82)83-48-46-74(102-84-39-23-19-33-76(84)77-34-20-24-40-85(77)102)61-91(83)105(93)89-44-28-38-81-80-37-27-43-88(95(80)106-96(81)89)104-86-41-25-21-35-78(86)79-36-22-26-42-87(79)104/h13-61H,1-12H3/i19D,20D,21D,22D,23D,24D,25D,26D,33D,34D,35D,36D,39D,40D,41D,42D. The van der Waals surface area contributed by atoms with E-state index in [2.05, 4.69) is 226 Å². The molecule has 0 amide bonds. The average Bonchev–Trinajstić information content (AvgIpc) is 0.908. The molecule has 0 radical (unpaired) electrons. The lowest BCUT2D eigenvalue weighted by molar-refractivity contribution is 0.568. The summed E-state index contributed by atoms with van der Waals surface area (Å²) >= 11 is 0. The maximum Gasteiger partial charge on any atom is 0.252 e. The second-order valence-corrected chi connectivity index (χ2v) is 32.6. The second-order valence-electron chi connectivity index (χ2n) is 32.6. The summed E-state index contributed by atoms with van der Waals surface area (Å²) in [5, 5.41) is 0.785. The Balaban J connectivity index is 1.00. The number of furan rings is 1. The zero-order valence-corrected chi connectivity index (χ0v) is 61.3. The highest BCUT2D eigenvalue weighted by Gasteiger charge is 2.45. The van der Waals surface area contributed by atoms with Crippen molar-refractivity contribution in [1.29, 1.82) is 0 Å². The van der Waals surface area contributed by atoms with Gasteiger partial charge in [0.05, 0.1) is 55.4 Å². The zero-order chi connectivity index (χ0) is 86.4. The number of nitrogens with zero attached hydrogens (tertiary/aromatic N) is 4. The molecule has 106 heavy (non-hydrogen) atoms. The van der Waals surface area contributed by atoms with Crippen molar-refractivity contribution >= 4 is 123 Å². The van der Waals surface area contributed by atoms with E-state index < -0.39 is 103 Å². The molecule has 3 aromatic heterocycles. The molecule has 0 bridgehead atoms. The number of hydrogen-bond donors (Lipinski definition) is 0. The van der Waals surface area contributed by atoms with E-state index in [4.69, 9.17) is 12.6 Å². The summed E-state index contributed by atoms with van der Waals surface area (Å²) < 4.78 is 161. The maximum absolute atomic E-state index is 9.87. The van der Waals surface area contributed by atoms with Crippen LogP contribution in [-0.4, -0.2) is 15.8 Å². The van der Waals surface area contributed by atoms with Gasteiger partial charge in [-0.2, -0.15) is 0 Å². The molecule has 0 spiro atoms. The topological polar surface area (TPSA) is 29.5 Å². The molecule has 0 atom stereocenters. The summed E-state index contributed by atoms with van der Waals surface area (Å²) in [5.41, 5.74) is 18.8. The lowest BCUT2D eigenvalue weighted by Crippen LogP contribution is -2.61. The van der Waals surface area contributed by atoms with Gasteiger partial charge in [0.2, 0.25) is 0 Å². The summed E-state index contributed by atoms with van der Waals surface area (Å²) in [6, 6.07) is 61.7. The number of rotatable bonds is 8. The van der Waals surface area contributed by atoms with Gasteiger partial charge in [0.25, 0.3) is 6.71 Å². The third-order valence-electron chi connectivity index (χ3n) is 21.7. The largest absolute Gasteiger partial charge is 0.452 e. The van der Waals surface area contributed by atoms with Crippen molar-refractivity contribution in [2.24, 2.45) is 0 Å². The highest BCUT2D eigenvalue weighted by Crippen LogP contribution is 2.52. The molecule has 2 aliphatic heterocycles. The molecule has 2 aliphatic rings. The first-order chi connectivity index (χ1) is 57.7. The minimum absolute atomic E-state index is 0.0608. The highest BCUT2D eigenvalue weighted by atomic mass is 16.3. The van der Waals surface area contributed by atoms with Crippen LogP contribution >= 0.6 is 0 Å². The van der Waals surface area contributed by atoms with E-state index in [0.717, 1.165) is 89.1 Å². The molecule has 17 aromatic rings. The monoisotopic (exact) mass is 1380 g/mol. The van der Waals surface area contributed by atoms with Crippen LogP contribution in [0.4, 0.5) is 34.1 Å². The Hall–Kier alpha value is -11.9. The lowest BCUT2D eigenvalue weighted by Gasteiger charge is -2.45. The summed E-state index contributed by atoms with van der Waals surface area (Å²) in [6.45, 7) is 26.2. The third-order valence-corrected chi connectivity index (χ3v) is 21.7. The predicted molar refractivity (Wildman–Crippen MR) is 453 cm³/mol. The first-order valence-corrected chi connectivity index (χ1v) is 36.3. The fourth-order valence-corrected chi connectivity index (χ4v) is 16.1. The Labute approximate surface area is 644 Å². The van der Waals surface area contributed by atoms with Crippen molar-refractivity contribution in [2.45, 2.75) is 105 Å². The Kier molecular flexibility index (Phi) is 11.2. The van der Waals surface area contributed by atoms with Gasteiger partial charge in [0.15, 0.2) is 11.2 Å². The molecule has 0 N–H and O–H groups in total. The minimum atomic E-state index is -0.638. The molecule has 0 saturated heterocycles. The third kappa shape index (κ3) is 10.5. The molecule has 514 valence electrons. The number of hydrogen-bond acceptors (Lipinski definition) is 3. The van der Waals surface area contributed by atoms with Crippen LogP contribution in [0.15, 0.2) is 301 Å². The van der Waals surface area contributed by atoms with Crippen LogP contribution in [0.25, 0.3) is 121 Å². The quantitative estimate of drug-likeness (QED) is 0.142. The number of fused-ring (bicyclic) bond motifs is 13. The van der Waals surface area contributed by atoms with Gasteiger partial charge < -0.3 is 23.4 Å². The summed E-state index contributed by atoms with van der Waals surface area (Å²) in [4.78, 5) is 4.61. The van der Waals surface area contributed by atoms with E-state index in [-0.39, 0.29) is 76.5 Å². The molecule has 5 heterocycles. The van der Waals surface area contributed by atoms with Gasteiger partial charge in [0, 0.05) is 66.4 Å². The van der Waals surface area contributed by atoms with Crippen LogP contribution in [0.5, 0.6) is 0 Å². The zero-order valence-electron chi connectivity index (χ0n) is 77.3. The molecule has 0 fully saturated rings. The maximum atomic E-state index is 9.87. The van der Waals surface area contributed by atoms with Crippen LogP contribution in [0.1, 0.15) is 127 Å². The number of para-hydroxylation sites is 6. The van der Waals surface area contributed by atoms with Gasteiger partial charge in [-0.3, -0.25) is 0 Å². The van der Waals surface area contributed by atoms with Crippen molar-refractivity contribution in [3.05, 3.63) is 319 Å². The summed E-state index contributed by atoms with van der Waals surface area (Å²) in [7, 11) is 0. The second kappa shape index (κ2) is 23.8. The average molecular weight is 1390 g/mol. The van der Waals surface area contributed by atoms with Crippen LogP contribution in [0.3, 0.4) is 0 Å². The van der Waals surface area contributed by atoms with E-state index in [1.807, 2.05) is 54.6 Å². The normalized spacial score (nSPS) is 15.3. The first-order valence-electron chi connectivity index (χ1n) is 44.3. The van der Waals surface area contributed by atoms with E-state index >= 15 is 0 Å². The lowest BCUT2D eigenvalue weighted by atomic mass is 9.33. The number of aromatic nitrogens is 2.